The largest absolute Gasteiger partial charge is 0.363 e. The van der Waals surface area contributed by atoms with Crippen molar-refractivity contribution in [2.45, 2.75) is 25.7 Å². The summed E-state index contributed by atoms with van der Waals surface area (Å²) in [5.41, 5.74) is 0. The van der Waals surface area contributed by atoms with E-state index in [0.29, 0.717) is 0 Å². The van der Waals surface area contributed by atoms with E-state index in [2.05, 4.69) is 0 Å². The highest BCUT2D eigenvalue weighted by Crippen LogP contribution is 2.26. The monoisotopic (exact) mass is 364 g/mol. The Morgan fingerprint density at radius 2 is 0.944 bits per heavy atom. The minimum atomic E-state index is 0. The lowest BCUT2D eigenvalue weighted by Crippen LogP contribution is -2.18. The second-order valence-corrected chi connectivity index (χ2v) is 7.30. The molecule has 18 heavy (non-hydrogen) atoms. The van der Waals surface area contributed by atoms with Gasteiger partial charge in [0, 0.05) is 28.2 Å². The van der Waals surface area contributed by atoms with Gasteiger partial charge >= 0.3 is 0 Å². The zero-order valence-electron chi connectivity index (χ0n) is 11.4. The maximum Gasteiger partial charge on any atom is 0.146 e. The molecule has 8 heteroatoms. The number of rotatable bonds is 0. The lowest BCUT2D eigenvalue weighted by atomic mass is 10.0. The zero-order valence-corrected chi connectivity index (χ0v) is 16.6. The summed E-state index contributed by atoms with van der Waals surface area (Å²) in [5, 5.41) is 0. The van der Waals surface area contributed by atoms with Crippen molar-refractivity contribution < 1.29 is 0 Å². The molecule has 0 atom stereocenters. The molecule has 0 saturated heterocycles. The molecule has 0 amide bonds. The third-order valence-corrected chi connectivity index (χ3v) is 6.07. The second-order valence-electron chi connectivity index (χ2n) is 3.90. The van der Waals surface area contributed by atoms with E-state index in [0.717, 1.165) is 8.64 Å². The van der Waals surface area contributed by atoms with Gasteiger partial charge in [-0.05, 0) is 21.6 Å². The van der Waals surface area contributed by atoms with Crippen LogP contribution in [-0.4, -0.2) is 46.6 Å². The van der Waals surface area contributed by atoms with Crippen LogP contribution in [0.4, 0.5) is 0 Å². The van der Waals surface area contributed by atoms with Crippen LogP contribution in [-0.2, 0) is 0 Å². The lowest BCUT2D eigenvalue weighted by molar-refractivity contribution is 0.504. The van der Waals surface area contributed by atoms with E-state index in [-0.39, 0.29) is 27.0 Å². The van der Waals surface area contributed by atoms with Gasteiger partial charge in [0.25, 0.3) is 0 Å². The first-order chi connectivity index (χ1) is 7.45. The molecule has 0 unspecified atom stereocenters. The van der Waals surface area contributed by atoms with Crippen LogP contribution in [0.1, 0.15) is 25.7 Å². The number of thiocarbonyl (C=S) groups is 2. The third kappa shape index (κ3) is 13.6. The SMILES string of the molecule is C1CCC1.CN(C)C(=S)SSC(=S)N(C)C.S.S. The summed E-state index contributed by atoms with van der Waals surface area (Å²) in [6.45, 7) is 0. The molecule has 0 aromatic carbocycles. The Hall–Kier alpha value is 1.18. The average Bonchev–Trinajstić information content (AvgIpc) is 2.10. The van der Waals surface area contributed by atoms with Crippen LogP contribution < -0.4 is 0 Å². The minimum absolute atomic E-state index is 0. The predicted octanol–water partition coefficient (Wildman–Crippen LogP) is 3.85. The molecule has 0 aliphatic heterocycles. The Morgan fingerprint density at radius 3 is 1.06 bits per heavy atom. The summed E-state index contributed by atoms with van der Waals surface area (Å²) in [6, 6.07) is 0. The van der Waals surface area contributed by atoms with Gasteiger partial charge in [0.15, 0.2) is 0 Å². The summed E-state index contributed by atoms with van der Waals surface area (Å²) < 4.78 is 1.67. The molecule has 110 valence electrons. The van der Waals surface area contributed by atoms with Gasteiger partial charge in [-0.3, -0.25) is 0 Å². The lowest BCUT2D eigenvalue weighted by Gasteiger charge is -2.15. The Bertz CT molecular complexity index is 204. The molecule has 1 aliphatic rings. The topological polar surface area (TPSA) is 6.48 Å². The van der Waals surface area contributed by atoms with E-state index in [4.69, 9.17) is 24.4 Å². The van der Waals surface area contributed by atoms with E-state index < -0.39 is 0 Å². The molecule has 1 rings (SSSR count). The van der Waals surface area contributed by atoms with Gasteiger partial charge in [-0.25, -0.2) is 0 Å². The molecule has 0 aromatic heterocycles. The van der Waals surface area contributed by atoms with Crippen molar-refractivity contribution in [2.75, 3.05) is 28.2 Å². The first kappa shape index (κ1) is 24.2. The summed E-state index contributed by atoms with van der Waals surface area (Å²) in [7, 11) is 10.7. The fraction of sp³-hybridized carbons (Fsp3) is 0.800. The molecular formula is C10H24N2S6. The number of nitrogens with zero attached hydrogens (tertiary/aromatic N) is 2. The summed E-state index contributed by atoms with van der Waals surface area (Å²) in [4.78, 5) is 3.79. The fourth-order valence-corrected chi connectivity index (χ4v) is 2.85. The summed E-state index contributed by atoms with van der Waals surface area (Å²) in [5.74, 6) is 0. The molecule has 0 spiro atoms. The first-order valence-electron chi connectivity index (χ1n) is 5.22. The molecular weight excluding hydrogens is 341 g/mol. The van der Waals surface area contributed by atoms with Crippen LogP contribution in [0, 0.1) is 0 Å². The highest BCUT2D eigenvalue weighted by atomic mass is 33.1. The molecule has 0 bridgehead atoms. The molecule has 0 aromatic rings. The van der Waals surface area contributed by atoms with Crippen LogP contribution in [0.3, 0.4) is 0 Å². The van der Waals surface area contributed by atoms with Gasteiger partial charge in [0.05, 0.1) is 0 Å². The van der Waals surface area contributed by atoms with Gasteiger partial charge in [-0.15, -0.1) is 0 Å². The van der Waals surface area contributed by atoms with Crippen molar-refractivity contribution >= 4 is 81.7 Å². The Labute approximate surface area is 144 Å². The van der Waals surface area contributed by atoms with E-state index in [1.165, 1.54) is 47.3 Å². The van der Waals surface area contributed by atoms with Crippen molar-refractivity contribution in [1.29, 1.82) is 0 Å². The van der Waals surface area contributed by atoms with Crippen molar-refractivity contribution in [3.8, 4) is 0 Å². The molecule has 2 nitrogen and oxygen atoms in total. The van der Waals surface area contributed by atoms with Gasteiger partial charge < -0.3 is 9.80 Å². The van der Waals surface area contributed by atoms with E-state index in [1.807, 2.05) is 38.0 Å². The van der Waals surface area contributed by atoms with Crippen molar-refractivity contribution in [1.82, 2.24) is 9.80 Å². The van der Waals surface area contributed by atoms with Gasteiger partial charge in [0.2, 0.25) is 0 Å². The van der Waals surface area contributed by atoms with Crippen molar-refractivity contribution in [3.63, 3.8) is 0 Å². The van der Waals surface area contributed by atoms with Crippen LogP contribution in [0.25, 0.3) is 0 Å². The van der Waals surface area contributed by atoms with Crippen LogP contribution in [0.5, 0.6) is 0 Å². The van der Waals surface area contributed by atoms with E-state index >= 15 is 0 Å². The second kappa shape index (κ2) is 14.6. The number of hydrogen-bond acceptors (Lipinski definition) is 4. The molecule has 0 N–H and O–H groups in total. The van der Waals surface area contributed by atoms with Crippen LogP contribution >= 0.6 is 73.0 Å². The Morgan fingerprint density at radius 1 is 0.722 bits per heavy atom. The van der Waals surface area contributed by atoms with Crippen molar-refractivity contribution in [2.24, 2.45) is 0 Å². The van der Waals surface area contributed by atoms with E-state index in [1.54, 1.807) is 0 Å². The van der Waals surface area contributed by atoms with Crippen LogP contribution in [0.15, 0.2) is 0 Å². The number of hydrogen-bond donors (Lipinski definition) is 0. The standard InChI is InChI=1S/C6H12N2S4.C4H8.2H2S/c1-7(2)5(9)11-12-6(10)8(3)4;1-2-4-3-1;;/h1-4H3;1-4H2;2*1H2. The zero-order chi connectivity index (χ0) is 12.6. The Balaban J connectivity index is -0.000000318. The summed E-state index contributed by atoms with van der Waals surface area (Å²) in [6.07, 6.45) is 6.00. The smallest absolute Gasteiger partial charge is 0.146 e. The summed E-state index contributed by atoms with van der Waals surface area (Å²) >= 11 is 10.1. The molecule has 1 fully saturated rings. The molecule has 0 heterocycles. The highest BCUT2D eigenvalue weighted by molar-refractivity contribution is 8.89. The molecule has 1 aliphatic carbocycles. The fourth-order valence-electron chi connectivity index (χ4n) is 0.470. The maximum absolute atomic E-state index is 5.07. The normalized spacial score (nSPS) is 11.6. The van der Waals surface area contributed by atoms with Crippen LogP contribution in [0.2, 0.25) is 0 Å². The molecule has 0 radical (unpaired) electrons. The van der Waals surface area contributed by atoms with Gasteiger partial charge in [-0.2, -0.15) is 27.0 Å². The first-order valence-corrected chi connectivity index (χ1v) is 8.19. The van der Waals surface area contributed by atoms with Crippen molar-refractivity contribution in [3.05, 3.63) is 0 Å². The van der Waals surface area contributed by atoms with Gasteiger partial charge in [0.1, 0.15) is 8.64 Å². The minimum Gasteiger partial charge on any atom is -0.363 e. The highest BCUT2D eigenvalue weighted by Gasteiger charge is 2.04. The Kier molecular flexibility index (Phi) is 19.6. The maximum atomic E-state index is 5.07. The molecule has 1 saturated carbocycles. The predicted molar refractivity (Wildman–Crippen MR) is 107 cm³/mol. The third-order valence-electron chi connectivity index (χ3n) is 1.91. The van der Waals surface area contributed by atoms with E-state index in [9.17, 15) is 0 Å². The quantitative estimate of drug-likeness (QED) is 0.472. The average molecular weight is 365 g/mol. The van der Waals surface area contributed by atoms with Gasteiger partial charge in [-0.1, -0.05) is 50.1 Å².